The van der Waals surface area contributed by atoms with Gasteiger partial charge in [0.2, 0.25) is 0 Å². The maximum absolute atomic E-state index is 5.77. The molecule has 0 bridgehead atoms. The van der Waals surface area contributed by atoms with E-state index in [1.807, 2.05) is 19.3 Å². The van der Waals surface area contributed by atoms with Gasteiger partial charge in [0.25, 0.3) is 0 Å². The number of aromatic nitrogens is 2. The highest BCUT2D eigenvalue weighted by molar-refractivity contribution is 5.20. The number of hydrogen-bond acceptors (Lipinski definition) is 3. The molecule has 1 fully saturated rings. The van der Waals surface area contributed by atoms with E-state index in [2.05, 4.69) is 9.97 Å². The molecular formula is C13H21N3. The van der Waals surface area contributed by atoms with Gasteiger partial charge >= 0.3 is 0 Å². The Balaban J connectivity index is 2.26. The van der Waals surface area contributed by atoms with E-state index < -0.39 is 0 Å². The fourth-order valence-corrected chi connectivity index (χ4v) is 2.85. The van der Waals surface area contributed by atoms with Crippen LogP contribution < -0.4 is 5.73 Å². The zero-order valence-corrected chi connectivity index (χ0v) is 10.1. The second-order valence-electron chi connectivity index (χ2n) is 4.90. The summed E-state index contributed by atoms with van der Waals surface area (Å²) in [5.74, 6) is 0.849. The average Bonchev–Trinajstić information content (AvgIpc) is 2.31. The number of nitrogens with zero attached hydrogens (tertiary/aromatic N) is 2. The molecule has 2 N–H and O–H groups in total. The van der Waals surface area contributed by atoms with E-state index in [0.717, 1.165) is 18.8 Å². The Labute approximate surface area is 97.5 Å². The van der Waals surface area contributed by atoms with Crippen molar-refractivity contribution >= 4 is 0 Å². The molecule has 0 amide bonds. The van der Waals surface area contributed by atoms with Gasteiger partial charge in [0.05, 0.1) is 0 Å². The molecule has 0 aliphatic heterocycles. The summed E-state index contributed by atoms with van der Waals surface area (Å²) >= 11 is 0. The van der Waals surface area contributed by atoms with Crippen molar-refractivity contribution in [3.05, 3.63) is 23.8 Å². The van der Waals surface area contributed by atoms with Gasteiger partial charge < -0.3 is 5.73 Å². The van der Waals surface area contributed by atoms with E-state index in [1.54, 1.807) is 0 Å². The molecule has 0 spiro atoms. The van der Waals surface area contributed by atoms with Crippen LogP contribution in [0.2, 0.25) is 0 Å². The van der Waals surface area contributed by atoms with Gasteiger partial charge in [0.1, 0.15) is 5.82 Å². The summed E-state index contributed by atoms with van der Waals surface area (Å²) in [4.78, 5) is 8.66. The van der Waals surface area contributed by atoms with Crippen molar-refractivity contribution in [2.75, 3.05) is 6.54 Å². The largest absolute Gasteiger partial charge is 0.330 e. The first-order chi connectivity index (χ1) is 7.77. The fourth-order valence-electron chi connectivity index (χ4n) is 2.85. The Hall–Kier alpha value is -0.960. The Morgan fingerprint density at radius 2 is 1.81 bits per heavy atom. The van der Waals surface area contributed by atoms with Gasteiger partial charge in [-0.1, -0.05) is 19.3 Å². The van der Waals surface area contributed by atoms with Crippen LogP contribution in [0.25, 0.3) is 0 Å². The van der Waals surface area contributed by atoms with Crippen LogP contribution in [0.4, 0.5) is 0 Å². The molecule has 0 radical (unpaired) electrons. The molecule has 1 aliphatic rings. The summed E-state index contributed by atoms with van der Waals surface area (Å²) in [6.45, 7) is 2.69. The zero-order valence-electron chi connectivity index (χ0n) is 10.1. The smallest absolute Gasteiger partial charge is 0.125 e. The highest BCUT2D eigenvalue weighted by Crippen LogP contribution is 2.41. The van der Waals surface area contributed by atoms with Gasteiger partial charge in [-0.3, -0.25) is 0 Å². The molecule has 88 valence electrons. The molecular weight excluding hydrogens is 198 g/mol. The summed E-state index contributed by atoms with van der Waals surface area (Å²) in [6.07, 6.45) is 11.6. The minimum Gasteiger partial charge on any atom is -0.330 e. The first kappa shape index (κ1) is 11.5. The van der Waals surface area contributed by atoms with Gasteiger partial charge in [-0.2, -0.15) is 0 Å². The first-order valence-corrected chi connectivity index (χ1v) is 6.26. The lowest BCUT2D eigenvalue weighted by molar-refractivity contribution is 0.276. The van der Waals surface area contributed by atoms with E-state index in [9.17, 15) is 0 Å². The van der Waals surface area contributed by atoms with Crippen LogP contribution in [0.5, 0.6) is 0 Å². The molecule has 0 saturated heterocycles. The highest BCUT2D eigenvalue weighted by atomic mass is 14.8. The third-order valence-corrected chi connectivity index (χ3v) is 3.83. The Morgan fingerprint density at radius 3 is 2.38 bits per heavy atom. The lowest BCUT2D eigenvalue weighted by Gasteiger charge is -2.37. The monoisotopic (exact) mass is 219 g/mol. The molecule has 1 heterocycles. The van der Waals surface area contributed by atoms with Crippen molar-refractivity contribution < 1.29 is 0 Å². The second kappa shape index (κ2) is 4.91. The van der Waals surface area contributed by atoms with Crippen LogP contribution >= 0.6 is 0 Å². The van der Waals surface area contributed by atoms with Gasteiger partial charge in [-0.05, 0) is 43.7 Å². The first-order valence-electron chi connectivity index (χ1n) is 6.26. The van der Waals surface area contributed by atoms with Crippen LogP contribution in [0.15, 0.2) is 12.4 Å². The number of rotatable bonds is 3. The SMILES string of the molecule is Cc1ncc(C2(CCN)CCCCC2)cn1. The average molecular weight is 219 g/mol. The van der Waals surface area contributed by atoms with E-state index in [4.69, 9.17) is 5.73 Å². The third-order valence-electron chi connectivity index (χ3n) is 3.83. The summed E-state index contributed by atoms with van der Waals surface area (Å²) in [7, 11) is 0. The predicted molar refractivity (Wildman–Crippen MR) is 65.2 cm³/mol. The normalized spacial score (nSPS) is 19.6. The van der Waals surface area contributed by atoms with Gasteiger partial charge in [-0.25, -0.2) is 9.97 Å². The van der Waals surface area contributed by atoms with Crippen LogP contribution in [0.3, 0.4) is 0 Å². The molecule has 3 heteroatoms. The molecule has 1 aliphatic carbocycles. The van der Waals surface area contributed by atoms with Crippen LogP contribution in [-0.2, 0) is 5.41 Å². The van der Waals surface area contributed by atoms with E-state index >= 15 is 0 Å². The number of nitrogens with two attached hydrogens (primary N) is 1. The van der Waals surface area contributed by atoms with Crippen molar-refractivity contribution in [1.29, 1.82) is 0 Å². The summed E-state index contributed by atoms with van der Waals surface area (Å²) in [6, 6.07) is 0. The molecule has 1 aromatic heterocycles. The van der Waals surface area contributed by atoms with Crippen LogP contribution in [-0.4, -0.2) is 16.5 Å². The highest BCUT2D eigenvalue weighted by Gasteiger charge is 2.33. The standard InChI is InChI=1S/C13H21N3/c1-11-15-9-12(10-16-11)13(7-8-14)5-3-2-4-6-13/h9-10H,2-8,14H2,1H3. The Bertz CT molecular complexity index is 320. The summed E-state index contributed by atoms with van der Waals surface area (Å²) in [5, 5.41) is 0. The lowest BCUT2D eigenvalue weighted by Crippen LogP contribution is -2.32. The molecule has 2 rings (SSSR count). The minimum absolute atomic E-state index is 0.265. The molecule has 16 heavy (non-hydrogen) atoms. The van der Waals surface area contributed by atoms with Gasteiger partial charge in [0, 0.05) is 12.4 Å². The second-order valence-corrected chi connectivity index (χ2v) is 4.90. The maximum Gasteiger partial charge on any atom is 0.125 e. The van der Waals surface area contributed by atoms with Crippen molar-refractivity contribution in [3.8, 4) is 0 Å². The Morgan fingerprint density at radius 1 is 1.19 bits per heavy atom. The van der Waals surface area contributed by atoms with Gasteiger partial charge in [-0.15, -0.1) is 0 Å². The fraction of sp³-hybridized carbons (Fsp3) is 0.692. The Kier molecular flexibility index (Phi) is 3.54. The quantitative estimate of drug-likeness (QED) is 0.849. The molecule has 3 nitrogen and oxygen atoms in total. The number of hydrogen-bond donors (Lipinski definition) is 1. The molecule has 1 saturated carbocycles. The van der Waals surface area contributed by atoms with Crippen LogP contribution in [0, 0.1) is 6.92 Å². The van der Waals surface area contributed by atoms with Crippen molar-refractivity contribution in [2.24, 2.45) is 5.73 Å². The summed E-state index contributed by atoms with van der Waals surface area (Å²) < 4.78 is 0. The van der Waals surface area contributed by atoms with E-state index in [0.29, 0.717) is 0 Å². The van der Waals surface area contributed by atoms with Gasteiger partial charge in [0.15, 0.2) is 0 Å². The minimum atomic E-state index is 0.265. The van der Waals surface area contributed by atoms with Crippen LogP contribution in [0.1, 0.15) is 49.9 Å². The maximum atomic E-state index is 5.77. The third kappa shape index (κ3) is 2.24. The van der Waals surface area contributed by atoms with Crippen molar-refractivity contribution in [2.45, 2.75) is 50.9 Å². The van der Waals surface area contributed by atoms with E-state index in [-0.39, 0.29) is 5.41 Å². The molecule has 0 aromatic carbocycles. The van der Waals surface area contributed by atoms with E-state index in [1.165, 1.54) is 37.7 Å². The summed E-state index contributed by atoms with van der Waals surface area (Å²) in [5.41, 5.74) is 7.33. The van der Waals surface area contributed by atoms with Crippen molar-refractivity contribution in [3.63, 3.8) is 0 Å². The number of aryl methyl sites for hydroxylation is 1. The molecule has 0 unspecified atom stereocenters. The topological polar surface area (TPSA) is 51.8 Å². The molecule has 1 aromatic rings. The lowest BCUT2D eigenvalue weighted by atomic mass is 9.68. The van der Waals surface area contributed by atoms with Crippen molar-refractivity contribution in [1.82, 2.24) is 9.97 Å². The zero-order chi connectivity index (χ0) is 11.4. The predicted octanol–water partition coefficient (Wildman–Crippen LogP) is 2.34. The molecule has 0 atom stereocenters.